The molecule has 2 saturated heterocycles. The fourth-order valence-corrected chi connectivity index (χ4v) is 6.95. The van der Waals surface area contributed by atoms with Gasteiger partial charge in [-0.15, -0.1) is 0 Å². The maximum Gasteiger partial charge on any atom is 0.311 e. The minimum absolute atomic E-state index is 0.0483. The van der Waals surface area contributed by atoms with Crippen LogP contribution in [-0.2, 0) is 28.0 Å². The molecule has 224 valence electrons. The van der Waals surface area contributed by atoms with Gasteiger partial charge in [-0.1, -0.05) is 12.5 Å². The molecule has 3 aliphatic heterocycles. The first-order chi connectivity index (χ1) is 19.9. The zero-order valence-corrected chi connectivity index (χ0v) is 24.7. The third-order valence-electron chi connectivity index (χ3n) is 9.42. The van der Waals surface area contributed by atoms with E-state index < -0.39 is 23.3 Å². The molecule has 2 N–H and O–H groups in total. The first-order valence-electron chi connectivity index (χ1n) is 15.6. The number of aryl methyl sites for hydroxylation is 2. The number of pyridine rings is 1. The minimum Gasteiger partial charge on any atom is -0.493 e. The number of hydrogen-bond donors (Lipinski definition) is 2. The van der Waals surface area contributed by atoms with Crippen molar-refractivity contribution in [2.45, 2.75) is 89.1 Å². The highest BCUT2D eigenvalue weighted by Crippen LogP contribution is 2.43. The van der Waals surface area contributed by atoms with Crippen LogP contribution in [0.3, 0.4) is 0 Å². The van der Waals surface area contributed by atoms with Crippen molar-refractivity contribution >= 4 is 11.8 Å². The standard InChI is InChI=1S/C33H46FN3O4/c1-33(15-5-7-20-41-33)25-21-27(30(40-2)28(34)22-25)29(32(38)39)23-13-18-37(19-14-23)17-6-3-4-10-26-12-11-24-9-8-16-35-31(24)36-26/h11-12,21-23,29H,3-10,13-20H2,1-2H3,(H,35,36)(H,38,39)/t29-,33-/m1/s1. The van der Waals surface area contributed by atoms with Gasteiger partial charge in [-0.05, 0) is 126 Å². The molecule has 0 spiro atoms. The van der Waals surface area contributed by atoms with Crippen LogP contribution in [0, 0.1) is 11.7 Å². The van der Waals surface area contributed by atoms with Crippen molar-refractivity contribution in [3.8, 4) is 5.75 Å². The summed E-state index contributed by atoms with van der Waals surface area (Å²) in [7, 11) is 1.42. The van der Waals surface area contributed by atoms with Crippen LogP contribution in [0.2, 0.25) is 0 Å². The van der Waals surface area contributed by atoms with Crippen molar-refractivity contribution in [1.29, 1.82) is 0 Å². The number of nitrogens with zero attached hydrogens (tertiary/aromatic N) is 2. The highest BCUT2D eigenvalue weighted by molar-refractivity contribution is 5.78. The summed E-state index contributed by atoms with van der Waals surface area (Å²) in [6.45, 7) is 6.36. The quantitative estimate of drug-likeness (QED) is 0.309. The topological polar surface area (TPSA) is 83.9 Å². The summed E-state index contributed by atoms with van der Waals surface area (Å²) >= 11 is 0. The number of aliphatic carboxylic acids is 1. The molecule has 4 heterocycles. The second-order valence-corrected chi connectivity index (χ2v) is 12.3. The van der Waals surface area contributed by atoms with E-state index in [0.29, 0.717) is 17.7 Å². The maximum atomic E-state index is 15.3. The Balaban J connectivity index is 1.15. The lowest BCUT2D eigenvalue weighted by molar-refractivity contribution is -0.140. The highest BCUT2D eigenvalue weighted by atomic mass is 19.1. The van der Waals surface area contributed by atoms with Gasteiger partial charge in [0, 0.05) is 24.4 Å². The molecule has 3 aliphatic rings. The maximum absolute atomic E-state index is 15.3. The van der Waals surface area contributed by atoms with Gasteiger partial charge in [0.15, 0.2) is 11.6 Å². The van der Waals surface area contributed by atoms with Crippen LogP contribution in [-0.4, -0.2) is 60.9 Å². The summed E-state index contributed by atoms with van der Waals surface area (Å²) in [5.74, 6) is -1.20. The predicted octanol–water partition coefficient (Wildman–Crippen LogP) is 6.30. The molecule has 2 aromatic rings. The number of anilines is 1. The summed E-state index contributed by atoms with van der Waals surface area (Å²) in [5, 5.41) is 13.8. The van der Waals surface area contributed by atoms with E-state index in [1.165, 1.54) is 30.9 Å². The van der Waals surface area contributed by atoms with Crippen molar-refractivity contribution in [3.05, 3.63) is 52.5 Å². The number of carboxylic acids is 1. The zero-order valence-electron chi connectivity index (χ0n) is 24.7. The summed E-state index contributed by atoms with van der Waals surface area (Å²) in [4.78, 5) is 19.9. The molecule has 0 radical (unpaired) electrons. The van der Waals surface area contributed by atoms with E-state index >= 15 is 4.39 Å². The molecule has 0 amide bonds. The van der Waals surface area contributed by atoms with Gasteiger partial charge in [0.25, 0.3) is 0 Å². The predicted molar refractivity (Wildman–Crippen MR) is 158 cm³/mol. The molecule has 0 saturated carbocycles. The van der Waals surface area contributed by atoms with Crippen LogP contribution in [0.4, 0.5) is 10.2 Å². The van der Waals surface area contributed by atoms with Gasteiger partial charge in [0.05, 0.1) is 18.6 Å². The number of fused-ring (bicyclic) bond motifs is 1. The van der Waals surface area contributed by atoms with Crippen LogP contribution < -0.4 is 10.1 Å². The van der Waals surface area contributed by atoms with E-state index in [-0.39, 0.29) is 11.7 Å². The van der Waals surface area contributed by atoms with E-state index in [9.17, 15) is 9.90 Å². The van der Waals surface area contributed by atoms with Crippen molar-refractivity contribution in [1.82, 2.24) is 9.88 Å². The van der Waals surface area contributed by atoms with Crippen LogP contribution in [0.1, 0.15) is 93.0 Å². The molecule has 2 fully saturated rings. The molecule has 8 heteroatoms. The first kappa shape index (κ1) is 29.8. The number of aromatic nitrogens is 1. The normalized spacial score (nSPS) is 22.5. The van der Waals surface area contributed by atoms with E-state index in [1.807, 2.05) is 13.0 Å². The van der Waals surface area contributed by atoms with E-state index in [0.717, 1.165) is 96.2 Å². The molecule has 7 nitrogen and oxygen atoms in total. The van der Waals surface area contributed by atoms with E-state index in [4.69, 9.17) is 14.5 Å². The number of piperidine rings is 1. The van der Waals surface area contributed by atoms with E-state index in [2.05, 4.69) is 22.3 Å². The average Bonchev–Trinajstić information content (AvgIpc) is 2.98. The Morgan fingerprint density at radius 1 is 1.22 bits per heavy atom. The van der Waals surface area contributed by atoms with Gasteiger partial charge >= 0.3 is 5.97 Å². The molecule has 1 aromatic carbocycles. The number of benzene rings is 1. The number of nitrogens with one attached hydrogen (secondary N) is 1. The Kier molecular flexibility index (Phi) is 9.81. The smallest absolute Gasteiger partial charge is 0.311 e. The number of likely N-dealkylation sites (tertiary alicyclic amines) is 1. The average molecular weight is 568 g/mol. The second-order valence-electron chi connectivity index (χ2n) is 12.3. The Morgan fingerprint density at radius 2 is 2.05 bits per heavy atom. The first-order valence-corrected chi connectivity index (χ1v) is 15.6. The fourth-order valence-electron chi connectivity index (χ4n) is 6.95. The molecule has 5 rings (SSSR count). The van der Waals surface area contributed by atoms with Gasteiger partial charge < -0.3 is 24.8 Å². The molecular weight excluding hydrogens is 521 g/mol. The lowest BCUT2D eigenvalue weighted by atomic mass is 9.77. The lowest BCUT2D eigenvalue weighted by Crippen LogP contribution is -2.38. The van der Waals surface area contributed by atoms with E-state index in [1.54, 1.807) is 0 Å². The summed E-state index contributed by atoms with van der Waals surface area (Å²) in [6, 6.07) is 7.71. The number of hydrogen-bond acceptors (Lipinski definition) is 6. The number of halogens is 1. The number of ether oxygens (including phenoxy) is 2. The number of rotatable bonds is 11. The van der Waals surface area contributed by atoms with Gasteiger partial charge in [0.1, 0.15) is 5.82 Å². The zero-order chi connectivity index (χ0) is 28.8. The van der Waals surface area contributed by atoms with Crippen LogP contribution in [0.5, 0.6) is 5.75 Å². The number of unbranched alkanes of at least 4 members (excludes halogenated alkanes) is 2. The van der Waals surface area contributed by atoms with Crippen LogP contribution >= 0.6 is 0 Å². The molecule has 0 unspecified atom stereocenters. The Morgan fingerprint density at radius 3 is 2.78 bits per heavy atom. The van der Waals surface area contributed by atoms with Gasteiger partial charge in [-0.3, -0.25) is 4.79 Å². The molecular formula is C33H46FN3O4. The monoisotopic (exact) mass is 567 g/mol. The lowest BCUT2D eigenvalue weighted by Gasteiger charge is -2.37. The van der Waals surface area contributed by atoms with Crippen molar-refractivity contribution in [2.24, 2.45) is 5.92 Å². The summed E-state index contributed by atoms with van der Waals surface area (Å²) in [6.07, 6.45) is 11.0. The number of carboxylic acid groups (broad SMARTS) is 1. The Bertz CT molecular complexity index is 1190. The Labute approximate surface area is 243 Å². The van der Waals surface area contributed by atoms with Gasteiger partial charge in [-0.2, -0.15) is 0 Å². The third-order valence-corrected chi connectivity index (χ3v) is 9.42. The van der Waals surface area contributed by atoms with Crippen LogP contribution in [0.15, 0.2) is 24.3 Å². The molecule has 0 bridgehead atoms. The second kappa shape index (κ2) is 13.5. The van der Waals surface area contributed by atoms with Crippen molar-refractivity contribution < 1.29 is 23.8 Å². The molecule has 41 heavy (non-hydrogen) atoms. The number of carbonyl (C=O) groups is 1. The molecule has 2 atom stereocenters. The van der Waals surface area contributed by atoms with Crippen molar-refractivity contribution in [3.63, 3.8) is 0 Å². The summed E-state index contributed by atoms with van der Waals surface area (Å²) in [5.41, 5.74) is 3.03. The van der Waals surface area contributed by atoms with Gasteiger partial charge in [-0.25, -0.2) is 9.37 Å². The van der Waals surface area contributed by atoms with Crippen LogP contribution in [0.25, 0.3) is 0 Å². The summed E-state index contributed by atoms with van der Waals surface area (Å²) < 4.78 is 26.8. The molecule has 0 aliphatic carbocycles. The molecule has 1 aromatic heterocycles. The Hall–Kier alpha value is -2.71. The minimum atomic E-state index is -0.918. The highest BCUT2D eigenvalue weighted by Gasteiger charge is 2.38. The SMILES string of the molecule is COc1c(F)cc([C@@]2(C)CCCCO2)cc1[C@H](C(=O)O)C1CCN(CCCCCc2ccc3c(n2)NCCC3)CC1. The largest absolute Gasteiger partial charge is 0.493 e. The third kappa shape index (κ3) is 7.03. The fraction of sp³-hybridized carbons (Fsp3) is 0.636. The number of methoxy groups -OCH3 is 1. The van der Waals surface area contributed by atoms with Crippen molar-refractivity contribution in [2.75, 3.05) is 45.2 Å². The van der Waals surface area contributed by atoms with Gasteiger partial charge in [0.2, 0.25) is 0 Å².